The largest absolute Gasteiger partial charge is 0.341 e. The minimum atomic E-state index is -0.0216. The Balaban J connectivity index is 1.68. The van der Waals surface area contributed by atoms with Crippen LogP contribution in [-0.2, 0) is 4.79 Å². The van der Waals surface area contributed by atoms with Crippen LogP contribution in [0.3, 0.4) is 0 Å². The summed E-state index contributed by atoms with van der Waals surface area (Å²) in [5, 5.41) is 3.40. The number of nitrogens with zero attached hydrogens (tertiary/aromatic N) is 2. The fourth-order valence-electron chi connectivity index (χ4n) is 3.71. The van der Waals surface area contributed by atoms with Crippen molar-refractivity contribution in [3.05, 3.63) is 0 Å². The van der Waals surface area contributed by atoms with Crippen LogP contribution in [0.15, 0.2) is 0 Å². The molecule has 3 heterocycles. The molecule has 3 aliphatic heterocycles. The van der Waals surface area contributed by atoms with Crippen LogP contribution in [0.5, 0.6) is 0 Å². The average Bonchev–Trinajstić information content (AvgIpc) is 2.99. The summed E-state index contributed by atoms with van der Waals surface area (Å²) in [5.74, 6) is 0.409. The van der Waals surface area contributed by atoms with E-state index in [0.717, 1.165) is 52.0 Å². The number of hydrogen-bond acceptors (Lipinski definition) is 3. The molecule has 0 spiro atoms. The molecule has 1 atom stereocenters. The molecule has 1 amide bonds. The summed E-state index contributed by atoms with van der Waals surface area (Å²) in [7, 11) is 2.01. The van der Waals surface area contributed by atoms with Gasteiger partial charge in [-0.05, 0) is 45.3 Å². The van der Waals surface area contributed by atoms with E-state index in [2.05, 4.69) is 10.2 Å². The van der Waals surface area contributed by atoms with Gasteiger partial charge in [0, 0.05) is 26.2 Å². The fraction of sp³-hybridized carbons (Fsp3) is 0.923. The number of hydrogen-bond donors (Lipinski definition) is 1. The van der Waals surface area contributed by atoms with Gasteiger partial charge in [0.1, 0.15) is 0 Å². The monoisotopic (exact) mass is 237 g/mol. The lowest BCUT2D eigenvalue weighted by molar-refractivity contribution is -0.142. The lowest BCUT2D eigenvalue weighted by atomic mass is 9.82. The van der Waals surface area contributed by atoms with Gasteiger partial charge in [0.15, 0.2) is 0 Å². The van der Waals surface area contributed by atoms with Gasteiger partial charge >= 0.3 is 0 Å². The predicted octanol–water partition coefficient (Wildman–Crippen LogP) is 0.293. The summed E-state index contributed by atoms with van der Waals surface area (Å²) < 4.78 is 0. The average molecular weight is 237 g/mol. The first-order chi connectivity index (χ1) is 8.21. The maximum Gasteiger partial charge on any atom is 0.230 e. The van der Waals surface area contributed by atoms with Crippen molar-refractivity contribution >= 4 is 5.91 Å². The van der Waals surface area contributed by atoms with Gasteiger partial charge in [-0.3, -0.25) is 4.79 Å². The Labute approximate surface area is 103 Å². The minimum Gasteiger partial charge on any atom is -0.341 e. The van der Waals surface area contributed by atoms with E-state index in [1.54, 1.807) is 0 Å². The number of carbonyl (C=O) groups is 1. The lowest BCUT2D eigenvalue weighted by Crippen LogP contribution is -2.51. The molecule has 4 heteroatoms. The summed E-state index contributed by atoms with van der Waals surface area (Å²) in [6.07, 6.45) is 4.52. The zero-order valence-corrected chi connectivity index (χ0v) is 10.7. The molecule has 2 bridgehead atoms. The summed E-state index contributed by atoms with van der Waals surface area (Å²) >= 11 is 0. The van der Waals surface area contributed by atoms with Crippen molar-refractivity contribution in [1.29, 1.82) is 0 Å². The third-order valence-electron chi connectivity index (χ3n) is 4.93. The standard InChI is InChI=1S/C13H23N3O/c1-15(11-3-2-6-14-9-11)12(17)13-4-7-16(10-13)8-5-13/h11,14H,2-10H2,1H3. The van der Waals surface area contributed by atoms with E-state index in [9.17, 15) is 4.79 Å². The van der Waals surface area contributed by atoms with Crippen molar-refractivity contribution in [2.75, 3.05) is 39.8 Å². The topological polar surface area (TPSA) is 35.6 Å². The molecule has 4 nitrogen and oxygen atoms in total. The van der Waals surface area contributed by atoms with Crippen LogP contribution in [0, 0.1) is 5.41 Å². The third kappa shape index (κ3) is 1.87. The van der Waals surface area contributed by atoms with Gasteiger partial charge in [0.05, 0.1) is 5.41 Å². The first-order valence-corrected chi connectivity index (χ1v) is 6.92. The Morgan fingerprint density at radius 1 is 1.41 bits per heavy atom. The molecule has 0 saturated carbocycles. The van der Waals surface area contributed by atoms with Gasteiger partial charge in [-0.25, -0.2) is 0 Å². The number of nitrogens with one attached hydrogen (secondary N) is 1. The second-order valence-electron chi connectivity index (χ2n) is 5.97. The van der Waals surface area contributed by atoms with Crippen LogP contribution in [-0.4, -0.2) is 61.5 Å². The Hall–Kier alpha value is -0.610. The maximum atomic E-state index is 12.7. The molecule has 1 unspecified atom stereocenters. The molecule has 3 saturated heterocycles. The lowest BCUT2D eigenvalue weighted by Gasteiger charge is -2.37. The van der Waals surface area contributed by atoms with E-state index in [1.165, 1.54) is 6.42 Å². The number of likely N-dealkylation sites (N-methyl/N-ethyl adjacent to an activating group) is 1. The summed E-state index contributed by atoms with van der Waals surface area (Å²) in [6, 6.07) is 0.417. The quantitative estimate of drug-likeness (QED) is 0.750. The van der Waals surface area contributed by atoms with E-state index in [-0.39, 0.29) is 5.41 Å². The smallest absolute Gasteiger partial charge is 0.230 e. The molecule has 96 valence electrons. The van der Waals surface area contributed by atoms with Crippen LogP contribution in [0.2, 0.25) is 0 Å². The van der Waals surface area contributed by atoms with Gasteiger partial charge in [-0.15, -0.1) is 0 Å². The normalized spacial score (nSPS) is 40.5. The van der Waals surface area contributed by atoms with E-state index >= 15 is 0 Å². The van der Waals surface area contributed by atoms with Crippen LogP contribution in [0.25, 0.3) is 0 Å². The van der Waals surface area contributed by atoms with Crippen LogP contribution < -0.4 is 5.32 Å². The first-order valence-electron chi connectivity index (χ1n) is 6.92. The number of piperidine rings is 2. The fourth-order valence-corrected chi connectivity index (χ4v) is 3.71. The van der Waals surface area contributed by atoms with Crippen molar-refractivity contribution in [3.63, 3.8) is 0 Å². The van der Waals surface area contributed by atoms with E-state index in [0.29, 0.717) is 11.9 Å². The zero-order valence-electron chi connectivity index (χ0n) is 10.7. The van der Waals surface area contributed by atoms with Crippen molar-refractivity contribution in [2.24, 2.45) is 5.41 Å². The molecule has 0 radical (unpaired) electrons. The van der Waals surface area contributed by atoms with Gasteiger partial charge in [-0.2, -0.15) is 0 Å². The third-order valence-corrected chi connectivity index (χ3v) is 4.93. The summed E-state index contributed by atoms with van der Waals surface area (Å²) in [6.45, 7) is 5.35. The van der Waals surface area contributed by atoms with Crippen LogP contribution in [0.1, 0.15) is 25.7 Å². The SMILES string of the molecule is CN(C(=O)C12CCN(CC1)C2)C1CCCNC1. The van der Waals surface area contributed by atoms with Crippen molar-refractivity contribution in [3.8, 4) is 0 Å². The van der Waals surface area contributed by atoms with E-state index in [1.807, 2.05) is 11.9 Å². The second-order valence-corrected chi connectivity index (χ2v) is 5.97. The minimum absolute atomic E-state index is 0.0216. The molecule has 0 aliphatic carbocycles. The number of carbonyl (C=O) groups excluding carboxylic acids is 1. The highest BCUT2D eigenvalue weighted by molar-refractivity contribution is 5.84. The molecule has 1 N–H and O–H groups in total. The molecule has 3 aliphatic rings. The number of amides is 1. The highest BCUT2D eigenvalue weighted by atomic mass is 16.2. The second kappa shape index (κ2) is 4.25. The Morgan fingerprint density at radius 3 is 2.71 bits per heavy atom. The molecule has 0 aromatic heterocycles. The van der Waals surface area contributed by atoms with Crippen molar-refractivity contribution in [1.82, 2.24) is 15.1 Å². The van der Waals surface area contributed by atoms with Gasteiger partial charge < -0.3 is 15.1 Å². The molecule has 17 heavy (non-hydrogen) atoms. The summed E-state index contributed by atoms with van der Waals surface area (Å²) in [5.41, 5.74) is -0.0216. The van der Waals surface area contributed by atoms with E-state index < -0.39 is 0 Å². The molecule has 0 aromatic carbocycles. The molecular weight excluding hydrogens is 214 g/mol. The number of fused-ring (bicyclic) bond motifs is 2. The molecule has 0 aromatic rings. The van der Waals surface area contributed by atoms with Crippen LogP contribution in [0.4, 0.5) is 0 Å². The van der Waals surface area contributed by atoms with Crippen LogP contribution >= 0.6 is 0 Å². The predicted molar refractivity (Wildman–Crippen MR) is 66.8 cm³/mol. The van der Waals surface area contributed by atoms with E-state index in [4.69, 9.17) is 0 Å². The highest BCUT2D eigenvalue weighted by Crippen LogP contribution is 2.42. The maximum absolute atomic E-state index is 12.7. The van der Waals surface area contributed by atoms with Crippen molar-refractivity contribution in [2.45, 2.75) is 31.7 Å². The number of rotatable bonds is 2. The highest BCUT2D eigenvalue weighted by Gasteiger charge is 2.50. The molecular formula is C13H23N3O. The Bertz CT molecular complexity index is 304. The Morgan fingerprint density at radius 2 is 2.18 bits per heavy atom. The first kappa shape index (κ1) is 11.5. The Kier molecular flexibility index (Phi) is 2.87. The van der Waals surface area contributed by atoms with Crippen molar-refractivity contribution < 1.29 is 4.79 Å². The molecule has 3 rings (SSSR count). The van der Waals surface area contributed by atoms with Gasteiger partial charge in [-0.1, -0.05) is 0 Å². The molecule has 3 fully saturated rings. The zero-order chi connectivity index (χ0) is 11.9. The van der Waals surface area contributed by atoms with Gasteiger partial charge in [0.2, 0.25) is 5.91 Å². The summed E-state index contributed by atoms with van der Waals surface area (Å²) in [4.78, 5) is 17.2. The van der Waals surface area contributed by atoms with Gasteiger partial charge in [0.25, 0.3) is 0 Å².